The first-order chi connectivity index (χ1) is 9.41. The zero-order valence-corrected chi connectivity index (χ0v) is 11.2. The molecule has 2 rings (SSSR count). The number of hydrogen-bond donors (Lipinski definition) is 1. The molecule has 0 bridgehead atoms. The lowest BCUT2D eigenvalue weighted by Gasteiger charge is -2.11. The molecule has 1 unspecified atom stereocenters. The van der Waals surface area contributed by atoms with E-state index in [0.717, 1.165) is 22.8 Å². The summed E-state index contributed by atoms with van der Waals surface area (Å²) in [5, 5.41) is 9.11. The van der Waals surface area contributed by atoms with Crippen LogP contribution in [0.15, 0.2) is 46.2 Å². The molecule has 7 heteroatoms. The van der Waals surface area contributed by atoms with Crippen molar-refractivity contribution in [2.24, 2.45) is 0 Å². The van der Waals surface area contributed by atoms with Gasteiger partial charge in [0.2, 0.25) is 0 Å². The Labute approximate surface area is 115 Å². The Morgan fingerprint density at radius 1 is 1.20 bits per heavy atom. The van der Waals surface area contributed by atoms with E-state index in [1.165, 1.54) is 24.5 Å². The quantitative estimate of drug-likeness (QED) is 0.929. The normalized spacial score (nSPS) is 12.1. The number of carboxylic acids is 1. The monoisotopic (exact) mass is 295 g/mol. The van der Waals surface area contributed by atoms with E-state index in [4.69, 9.17) is 5.11 Å². The molecule has 1 atom stereocenters. The topological polar surface area (TPSA) is 76.4 Å². The molecule has 0 aliphatic rings. The number of carbonyl (C=O) groups is 1. The molecule has 0 fully saturated rings. The van der Waals surface area contributed by atoms with Crippen LogP contribution in [0.25, 0.3) is 5.69 Å². The summed E-state index contributed by atoms with van der Waals surface area (Å²) < 4.78 is 25.6. The molecule has 0 saturated carbocycles. The Balaban J connectivity index is 2.80. The van der Waals surface area contributed by atoms with Gasteiger partial charge in [-0.3, -0.25) is 13.6 Å². The average molecular weight is 295 g/mol. The SMILES string of the molecule is CS(=O)c1ccc(C(=O)O)c(=O)n1-c1ccc(F)cc1. The third kappa shape index (κ3) is 2.53. The van der Waals surface area contributed by atoms with Crippen LogP contribution in [-0.2, 0) is 10.8 Å². The van der Waals surface area contributed by atoms with Crippen LogP contribution in [0, 0.1) is 5.82 Å². The Hall–Kier alpha value is -2.28. The van der Waals surface area contributed by atoms with E-state index < -0.39 is 33.7 Å². The molecule has 104 valence electrons. The summed E-state index contributed by atoms with van der Waals surface area (Å²) in [7, 11) is -1.50. The molecule has 20 heavy (non-hydrogen) atoms. The molecule has 0 radical (unpaired) electrons. The van der Waals surface area contributed by atoms with Gasteiger partial charge in [-0.15, -0.1) is 0 Å². The van der Waals surface area contributed by atoms with Gasteiger partial charge in [-0.2, -0.15) is 0 Å². The van der Waals surface area contributed by atoms with E-state index in [1.807, 2.05) is 0 Å². The standard InChI is InChI=1S/C13H10FNO4S/c1-20(19)11-7-6-10(13(17)18)12(16)15(11)9-4-2-8(14)3-5-9/h2-7H,1H3,(H,17,18). The van der Waals surface area contributed by atoms with Crippen LogP contribution in [0.2, 0.25) is 0 Å². The molecule has 0 amide bonds. The minimum absolute atomic E-state index is 0.145. The highest BCUT2D eigenvalue weighted by Crippen LogP contribution is 2.13. The molecule has 1 N–H and O–H groups in total. The molecule has 1 heterocycles. The van der Waals surface area contributed by atoms with Crippen molar-refractivity contribution in [3.8, 4) is 5.69 Å². The highest BCUT2D eigenvalue weighted by molar-refractivity contribution is 7.84. The van der Waals surface area contributed by atoms with Crippen LogP contribution >= 0.6 is 0 Å². The van der Waals surface area contributed by atoms with Gasteiger partial charge in [0.25, 0.3) is 5.56 Å². The Morgan fingerprint density at radius 3 is 2.30 bits per heavy atom. The molecule has 0 spiro atoms. The molecular formula is C13H10FNO4S. The van der Waals surface area contributed by atoms with Crippen molar-refractivity contribution in [1.82, 2.24) is 4.57 Å². The van der Waals surface area contributed by atoms with Crippen molar-refractivity contribution in [1.29, 1.82) is 0 Å². The van der Waals surface area contributed by atoms with Gasteiger partial charge >= 0.3 is 5.97 Å². The molecule has 2 aromatic rings. The second-order valence-corrected chi connectivity index (χ2v) is 5.29. The van der Waals surface area contributed by atoms with Crippen molar-refractivity contribution in [3.05, 3.63) is 58.1 Å². The fourth-order valence-electron chi connectivity index (χ4n) is 1.74. The van der Waals surface area contributed by atoms with Gasteiger partial charge in [-0.25, -0.2) is 9.18 Å². The van der Waals surface area contributed by atoms with Crippen molar-refractivity contribution in [3.63, 3.8) is 0 Å². The fraction of sp³-hybridized carbons (Fsp3) is 0.0769. The van der Waals surface area contributed by atoms with E-state index in [0.29, 0.717) is 0 Å². The summed E-state index contributed by atoms with van der Waals surface area (Å²) in [5.41, 5.74) is -0.995. The maximum atomic E-state index is 12.9. The first-order valence-corrected chi connectivity index (χ1v) is 7.06. The summed E-state index contributed by atoms with van der Waals surface area (Å²) in [5.74, 6) is -1.87. The minimum atomic E-state index is -1.50. The predicted octanol–water partition coefficient (Wildman–Crippen LogP) is 1.41. The summed E-state index contributed by atoms with van der Waals surface area (Å²) in [6.07, 6.45) is 1.37. The number of aromatic carboxylic acids is 1. The fourth-order valence-corrected chi connectivity index (χ4v) is 2.45. The van der Waals surface area contributed by atoms with Gasteiger partial charge in [0, 0.05) is 6.26 Å². The molecule has 5 nitrogen and oxygen atoms in total. The Kier molecular flexibility index (Phi) is 3.80. The average Bonchev–Trinajstić information content (AvgIpc) is 2.39. The van der Waals surface area contributed by atoms with E-state index >= 15 is 0 Å². The highest BCUT2D eigenvalue weighted by atomic mass is 32.2. The molecule has 0 saturated heterocycles. The zero-order valence-electron chi connectivity index (χ0n) is 10.4. The van der Waals surface area contributed by atoms with Crippen molar-refractivity contribution in [2.45, 2.75) is 5.03 Å². The number of benzene rings is 1. The summed E-state index contributed by atoms with van der Waals surface area (Å²) in [6.45, 7) is 0. The summed E-state index contributed by atoms with van der Waals surface area (Å²) in [4.78, 5) is 23.2. The summed E-state index contributed by atoms with van der Waals surface area (Å²) in [6, 6.07) is 7.33. The number of rotatable bonds is 3. The van der Waals surface area contributed by atoms with Gasteiger partial charge in [0.05, 0.1) is 16.5 Å². The van der Waals surface area contributed by atoms with Gasteiger partial charge in [0.1, 0.15) is 16.4 Å². The molecule has 1 aromatic carbocycles. The number of pyridine rings is 1. The lowest BCUT2D eigenvalue weighted by atomic mass is 10.2. The Morgan fingerprint density at radius 2 is 1.80 bits per heavy atom. The number of nitrogens with zero attached hydrogens (tertiary/aromatic N) is 1. The second kappa shape index (κ2) is 5.38. The van der Waals surface area contributed by atoms with Crippen LogP contribution in [0.4, 0.5) is 4.39 Å². The van der Waals surface area contributed by atoms with Crippen LogP contribution in [-0.4, -0.2) is 26.1 Å². The van der Waals surface area contributed by atoms with Gasteiger partial charge in [0.15, 0.2) is 0 Å². The lowest BCUT2D eigenvalue weighted by Crippen LogP contribution is -2.27. The number of carboxylic acid groups (broad SMARTS) is 1. The number of halogens is 1. The van der Waals surface area contributed by atoms with E-state index in [-0.39, 0.29) is 10.7 Å². The Bertz CT molecular complexity index is 752. The van der Waals surface area contributed by atoms with Gasteiger partial charge < -0.3 is 5.11 Å². The highest BCUT2D eigenvalue weighted by Gasteiger charge is 2.17. The lowest BCUT2D eigenvalue weighted by molar-refractivity contribution is 0.0694. The first-order valence-electron chi connectivity index (χ1n) is 5.50. The minimum Gasteiger partial charge on any atom is -0.477 e. The summed E-state index contributed by atoms with van der Waals surface area (Å²) >= 11 is 0. The smallest absolute Gasteiger partial charge is 0.341 e. The van der Waals surface area contributed by atoms with Crippen LogP contribution in [0.5, 0.6) is 0 Å². The molecule has 0 aliphatic heterocycles. The molecule has 0 aliphatic carbocycles. The van der Waals surface area contributed by atoms with Gasteiger partial charge in [-0.05, 0) is 36.4 Å². The van der Waals surface area contributed by atoms with Crippen LogP contribution < -0.4 is 5.56 Å². The van der Waals surface area contributed by atoms with Crippen molar-refractivity contribution >= 4 is 16.8 Å². The van der Waals surface area contributed by atoms with Crippen LogP contribution in [0.1, 0.15) is 10.4 Å². The third-order valence-electron chi connectivity index (χ3n) is 2.66. The number of aromatic nitrogens is 1. The van der Waals surface area contributed by atoms with Crippen LogP contribution in [0.3, 0.4) is 0 Å². The van der Waals surface area contributed by atoms with E-state index in [2.05, 4.69) is 0 Å². The molecular weight excluding hydrogens is 285 g/mol. The second-order valence-electron chi connectivity index (χ2n) is 3.96. The maximum absolute atomic E-state index is 12.9. The first kappa shape index (κ1) is 14.1. The zero-order chi connectivity index (χ0) is 14.9. The third-order valence-corrected chi connectivity index (χ3v) is 3.56. The van der Waals surface area contributed by atoms with E-state index in [1.54, 1.807) is 0 Å². The molecule has 1 aromatic heterocycles. The predicted molar refractivity (Wildman–Crippen MR) is 71.3 cm³/mol. The van der Waals surface area contributed by atoms with Crippen molar-refractivity contribution in [2.75, 3.05) is 6.26 Å². The van der Waals surface area contributed by atoms with Crippen molar-refractivity contribution < 1.29 is 18.5 Å². The largest absolute Gasteiger partial charge is 0.477 e. The van der Waals surface area contributed by atoms with E-state index in [9.17, 15) is 18.2 Å². The number of hydrogen-bond acceptors (Lipinski definition) is 3. The maximum Gasteiger partial charge on any atom is 0.341 e. The van der Waals surface area contributed by atoms with Gasteiger partial charge in [-0.1, -0.05) is 0 Å².